The molecule has 2 aromatic rings. The first-order chi connectivity index (χ1) is 17.1. The van der Waals surface area contributed by atoms with Gasteiger partial charge in [0.1, 0.15) is 19.4 Å². The number of carbonyl (C=O) groups is 3. The lowest BCUT2D eigenvalue weighted by atomic mass is 9.94. The molecule has 1 aliphatic heterocycles. The minimum Gasteiger partial charge on any atom is -0.359 e. The molecule has 0 radical (unpaired) electrons. The number of hydrogen-bond acceptors (Lipinski definition) is 6. The average Bonchev–Trinajstić information content (AvgIpc) is 3.14. The Kier molecular flexibility index (Phi) is 10.1. The molecule has 0 fully saturated rings. The molecule has 0 saturated carbocycles. The minimum atomic E-state index is -0.299. The second kappa shape index (κ2) is 13.5. The lowest BCUT2D eigenvalue weighted by molar-refractivity contribution is -0.113. The van der Waals surface area contributed by atoms with Gasteiger partial charge in [0.2, 0.25) is 0 Å². The molecule has 2 aromatic carbocycles. The van der Waals surface area contributed by atoms with Gasteiger partial charge in [0, 0.05) is 43.2 Å². The van der Waals surface area contributed by atoms with Crippen molar-refractivity contribution in [2.24, 2.45) is 5.92 Å². The number of likely N-dealkylation sites (N-methyl/N-ethyl adjacent to an activating group) is 1. The summed E-state index contributed by atoms with van der Waals surface area (Å²) in [6.07, 6.45) is 7.09. The molecule has 3 rings (SSSR count). The molecule has 0 bridgehead atoms. The van der Waals surface area contributed by atoms with Gasteiger partial charge >= 0.3 is 0 Å². The van der Waals surface area contributed by atoms with Gasteiger partial charge in [-0.1, -0.05) is 60.7 Å². The SMILES string of the molecule is COCOC[C@@H](/C=C\C=O)[C@H](/C=C1\C(=O)N(Cc2ccccc2)c2ccccc21)N(C)CCC=O. The van der Waals surface area contributed by atoms with Gasteiger partial charge in [-0.25, -0.2) is 0 Å². The number of carbonyl (C=O) groups excluding carboxylic acids is 3. The van der Waals surface area contributed by atoms with Gasteiger partial charge in [0.05, 0.1) is 18.8 Å². The highest BCUT2D eigenvalue weighted by molar-refractivity contribution is 6.32. The lowest BCUT2D eigenvalue weighted by Gasteiger charge is -2.31. The number of nitrogens with zero attached hydrogens (tertiary/aromatic N) is 2. The number of amides is 1. The Bertz CT molecular complexity index is 1050. The fourth-order valence-corrected chi connectivity index (χ4v) is 4.27. The van der Waals surface area contributed by atoms with E-state index in [1.807, 2.05) is 72.6 Å². The molecule has 0 saturated heterocycles. The minimum absolute atomic E-state index is 0.0835. The summed E-state index contributed by atoms with van der Waals surface area (Å²) in [6.45, 7) is 1.35. The predicted molar refractivity (Wildman–Crippen MR) is 136 cm³/mol. The Morgan fingerprint density at radius 1 is 1.06 bits per heavy atom. The molecule has 0 spiro atoms. The second-order valence-electron chi connectivity index (χ2n) is 8.36. The molecular weight excluding hydrogens is 444 g/mol. The van der Waals surface area contributed by atoms with Crippen molar-refractivity contribution in [1.82, 2.24) is 4.90 Å². The van der Waals surface area contributed by atoms with Crippen LogP contribution in [-0.4, -0.2) is 63.5 Å². The highest BCUT2D eigenvalue weighted by Crippen LogP contribution is 2.38. The van der Waals surface area contributed by atoms with Gasteiger partial charge in [-0.05, 0) is 24.8 Å². The molecule has 184 valence electrons. The van der Waals surface area contributed by atoms with Crippen LogP contribution in [-0.2, 0) is 30.4 Å². The van der Waals surface area contributed by atoms with E-state index in [9.17, 15) is 14.4 Å². The fraction of sp³-hybridized carbons (Fsp3) is 0.321. The number of aldehydes is 2. The van der Waals surface area contributed by atoms with Crippen molar-refractivity contribution in [2.75, 3.05) is 39.0 Å². The van der Waals surface area contributed by atoms with Crippen LogP contribution in [0.4, 0.5) is 5.69 Å². The third kappa shape index (κ3) is 6.82. The normalized spacial score (nSPS) is 16.1. The summed E-state index contributed by atoms with van der Waals surface area (Å²) in [4.78, 5) is 39.6. The molecule has 1 amide bonds. The fourth-order valence-electron chi connectivity index (χ4n) is 4.27. The number of rotatable bonds is 14. The third-order valence-corrected chi connectivity index (χ3v) is 5.98. The molecule has 7 nitrogen and oxygen atoms in total. The van der Waals surface area contributed by atoms with Crippen LogP contribution >= 0.6 is 0 Å². The Balaban J connectivity index is 2.01. The van der Waals surface area contributed by atoms with Crippen molar-refractivity contribution in [3.05, 3.63) is 84.0 Å². The number of allylic oxidation sites excluding steroid dienone is 1. The van der Waals surface area contributed by atoms with Crippen LogP contribution in [0.2, 0.25) is 0 Å². The van der Waals surface area contributed by atoms with Crippen LogP contribution in [0.1, 0.15) is 17.5 Å². The Morgan fingerprint density at radius 2 is 1.80 bits per heavy atom. The summed E-state index contributed by atoms with van der Waals surface area (Å²) in [5.41, 5.74) is 3.35. The summed E-state index contributed by atoms with van der Waals surface area (Å²) >= 11 is 0. The van der Waals surface area contributed by atoms with Crippen molar-refractivity contribution in [2.45, 2.75) is 19.0 Å². The van der Waals surface area contributed by atoms with Crippen molar-refractivity contribution in [3.63, 3.8) is 0 Å². The van der Waals surface area contributed by atoms with Crippen molar-refractivity contribution < 1.29 is 23.9 Å². The molecule has 0 aromatic heterocycles. The maximum atomic E-state index is 13.7. The number of ether oxygens (including phenoxy) is 2. The molecule has 35 heavy (non-hydrogen) atoms. The Labute approximate surface area is 206 Å². The number of fused-ring (bicyclic) bond motifs is 1. The van der Waals surface area contributed by atoms with Gasteiger partial charge in [0.25, 0.3) is 5.91 Å². The van der Waals surface area contributed by atoms with Gasteiger partial charge in [-0.3, -0.25) is 14.5 Å². The van der Waals surface area contributed by atoms with E-state index in [1.165, 1.54) is 6.08 Å². The maximum absolute atomic E-state index is 13.7. The summed E-state index contributed by atoms with van der Waals surface area (Å²) < 4.78 is 10.6. The summed E-state index contributed by atoms with van der Waals surface area (Å²) in [5.74, 6) is -0.331. The molecule has 1 aliphatic rings. The summed E-state index contributed by atoms with van der Waals surface area (Å²) in [5, 5.41) is 0. The number of methoxy groups -OCH3 is 1. The van der Waals surface area contributed by atoms with E-state index in [4.69, 9.17) is 9.47 Å². The van der Waals surface area contributed by atoms with E-state index >= 15 is 0 Å². The van der Waals surface area contributed by atoms with Gasteiger partial charge in [-0.2, -0.15) is 0 Å². The van der Waals surface area contributed by atoms with E-state index < -0.39 is 0 Å². The average molecular weight is 477 g/mol. The van der Waals surface area contributed by atoms with Crippen LogP contribution in [0.3, 0.4) is 0 Å². The molecule has 7 heteroatoms. The number of benzene rings is 2. The van der Waals surface area contributed by atoms with E-state index in [2.05, 4.69) is 0 Å². The zero-order valence-electron chi connectivity index (χ0n) is 20.2. The highest BCUT2D eigenvalue weighted by atomic mass is 16.7. The zero-order chi connectivity index (χ0) is 25.0. The number of para-hydroxylation sites is 1. The van der Waals surface area contributed by atoms with E-state index in [0.717, 1.165) is 29.4 Å². The van der Waals surface area contributed by atoms with Crippen LogP contribution in [0.5, 0.6) is 0 Å². The smallest absolute Gasteiger partial charge is 0.259 e. The van der Waals surface area contributed by atoms with Crippen molar-refractivity contribution in [3.8, 4) is 0 Å². The Morgan fingerprint density at radius 3 is 2.51 bits per heavy atom. The molecule has 0 N–H and O–H groups in total. The van der Waals surface area contributed by atoms with Crippen LogP contribution < -0.4 is 4.90 Å². The van der Waals surface area contributed by atoms with E-state index in [0.29, 0.717) is 25.1 Å². The van der Waals surface area contributed by atoms with Crippen LogP contribution in [0.25, 0.3) is 5.57 Å². The topological polar surface area (TPSA) is 76.2 Å². The molecule has 1 heterocycles. The van der Waals surface area contributed by atoms with E-state index in [1.54, 1.807) is 18.1 Å². The largest absolute Gasteiger partial charge is 0.359 e. The van der Waals surface area contributed by atoms with Gasteiger partial charge < -0.3 is 19.2 Å². The predicted octanol–water partition coefficient (Wildman–Crippen LogP) is 3.50. The lowest BCUT2D eigenvalue weighted by Crippen LogP contribution is -2.39. The molecule has 2 atom stereocenters. The first kappa shape index (κ1) is 26.2. The van der Waals surface area contributed by atoms with Gasteiger partial charge in [-0.15, -0.1) is 0 Å². The second-order valence-corrected chi connectivity index (χ2v) is 8.36. The third-order valence-electron chi connectivity index (χ3n) is 5.98. The standard InChI is InChI=1S/C28H32N2O5/c1-29(15-9-17-32)27(23(12-8-16-31)20-35-21-34-2)18-25-24-13-6-7-14-26(24)30(28(25)33)19-22-10-4-3-5-11-22/h3-8,10-14,16-18,23,27H,9,15,19-21H2,1-2H3/b12-8-,25-18-/t23-,27+/m1/s1. The van der Waals surface area contributed by atoms with Crippen LogP contribution in [0.15, 0.2) is 72.8 Å². The number of hydrogen-bond donors (Lipinski definition) is 0. The van der Waals surface area contributed by atoms with Gasteiger partial charge in [0.15, 0.2) is 0 Å². The summed E-state index contributed by atoms with van der Waals surface area (Å²) in [7, 11) is 3.44. The Hall–Kier alpha value is -3.39. The first-order valence-corrected chi connectivity index (χ1v) is 11.6. The number of anilines is 1. The highest BCUT2D eigenvalue weighted by Gasteiger charge is 2.34. The maximum Gasteiger partial charge on any atom is 0.259 e. The monoisotopic (exact) mass is 476 g/mol. The molecule has 0 unspecified atom stereocenters. The van der Waals surface area contributed by atoms with Crippen molar-refractivity contribution in [1.29, 1.82) is 0 Å². The molecular formula is C28H32N2O5. The zero-order valence-corrected chi connectivity index (χ0v) is 20.2. The molecule has 0 aliphatic carbocycles. The van der Waals surface area contributed by atoms with E-state index in [-0.39, 0.29) is 31.3 Å². The van der Waals surface area contributed by atoms with Crippen molar-refractivity contribution >= 4 is 29.7 Å². The summed E-state index contributed by atoms with van der Waals surface area (Å²) in [6, 6.07) is 17.3. The van der Waals surface area contributed by atoms with Crippen LogP contribution in [0, 0.1) is 5.92 Å². The quantitative estimate of drug-likeness (QED) is 0.180. The first-order valence-electron chi connectivity index (χ1n) is 11.6.